The van der Waals surface area contributed by atoms with Gasteiger partial charge in [-0.15, -0.1) is 0 Å². The van der Waals surface area contributed by atoms with Gasteiger partial charge in [-0.05, 0) is 11.8 Å². The lowest BCUT2D eigenvalue weighted by Crippen LogP contribution is -2.37. The summed E-state index contributed by atoms with van der Waals surface area (Å²) in [6.07, 6.45) is 0.748. The first kappa shape index (κ1) is 12.0. The van der Waals surface area contributed by atoms with Crippen LogP contribution < -0.4 is 5.32 Å². The monoisotopic (exact) mass is 201 g/mol. The summed E-state index contributed by atoms with van der Waals surface area (Å²) >= 11 is 0. The van der Waals surface area contributed by atoms with E-state index in [1.54, 1.807) is 0 Å². The molecule has 3 heteroatoms. The van der Waals surface area contributed by atoms with Gasteiger partial charge in [-0.1, -0.05) is 20.8 Å². The summed E-state index contributed by atoms with van der Waals surface area (Å²) in [6.45, 7) is 9.71. The molecule has 2 unspecified atom stereocenters. The summed E-state index contributed by atoms with van der Waals surface area (Å²) in [7, 11) is 0. The molecule has 0 saturated carbocycles. The molecule has 1 saturated heterocycles. The highest BCUT2D eigenvalue weighted by Crippen LogP contribution is 2.16. The van der Waals surface area contributed by atoms with Crippen molar-refractivity contribution in [3.05, 3.63) is 0 Å². The Kier molecular flexibility index (Phi) is 4.35. The number of hydrogen-bond acceptors (Lipinski definition) is 3. The Bertz CT molecular complexity index is 159. The summed E-state index contributed by atoms with van der Waals surface area (Å²) in [6, 6.07) is 0. The maximum absolute atomic E-state index is 9.80. The number of nitrogens with one attached hydrogen (secondary N) is 1. The lowest BCUT2D eigenvalue weighted by molar-refractivity contribution is 0.0890. The maximum Gasteiger partial charge on any atom is 0.0715 e. The third-order valence-electron chi connectivity index (χ3n) is 2.52. The van der Waals surface area contributed by atoms with Crippen molar-refractivity contribution in [1.82, 2.24) is 5.32 Å². The van der Waals surface area contributed by atoms with Crippen LogP contribution >= 0.6 is 0 Å². The van der Waals surface area contributed by atoms with E-state index >= 15 is 0 Å². The first-order valence-corrected chi connectivity index (χ1v) is 5.45. The minimum absolute atomic E-state index is 0.250. The third-order valence-corrected chi connectivity index (χ3v) is 2.52. The molecule has 3 nitrogen and oxygen atoms in total. The smallest absolute Gasteiger partial charge is 0.0715 e. The molecule has 1 heterocycles. The van der Waals surface area contributed by atoms with Gasteiger partial charge in [0, 0.05) is 25.6 Å². The van der Waals surface area contributed by atoms with Gasteiger partial charge in [-0.3, -0.25) is 0 Å². The predicted molar refractivity (Wildman–Crippen MR) is 57.3 cm³/mol. The Labute approximate surface area is 86.8 Å². The Morgan fingerprint density at radius 2 is 2.21 bits per heavy atom. The summed E-state index contributed by atoms with van der Waals surface area (Å²) in [5.41, 5.74) is 0.284. The molecule has 0 aliphatic carbocycles. The molecule has 0 radical (unpaired) electrons. The largest absolute Gasteiger partial charge is 0.391 e. The van der Waals surface area contributed by atoms with Gasteiger partial charge < -0.3 is 15.2 Å². The van der Waals surface area contributed by atoms with E-state index in [4.69, 9.17) is 4.74 Å². The Morgan fingerprint density at radius 3 is 2.71 bits per heavy atom. The second-order valence-electron chi connectivity index (χ2n) is 5.38. The molecule has 1 fully saturated rings. The molecule has 2 atom stereocenters. The molecule has 1 aliphatic rings. The zero-order chi connectivity index (χ0) is 10.6. The Balaban J connectivity index is 2.11. The zero-order valence-corrected chi connectivity index (χ0v) is 9.55. The fourth-order valence-corrected chi connectivity index (χ4v) is 1.62. The zero-order valence-electron chi connectivity index (χ0n) is 9.55. The minimum atomic E-state index is -0.250. The van der Waals surface area contributed by atoms with Crippen LogP contribution in [0, 0.1) is 11.3 Å². The molecule has 14 heavy (non-hydrogen) atoms. The molecule has 84 valence electrons. The van der Waals surface area contributed by atoms with Crippen LogP contribution in [0.5, 0.6) is 0 Å². The van der Waals surface area contributed by atoms with Crippen LogP contribution in [0.4, 0.5) is 0 Å². The van der Waals surface area contributed by atoms with E-state index < -0.39 is 0 Å². The van der Waals surface area contributed by atoms with Crippen molar-refractivity contribution < 1.29 is 9.84 Å². The van der Waals surface area contributed by atoms with Crippen molar-refractivity contribution >= 4 is 0 Å². The second-order valence-corrected chi connectivity index (χ2v) is 5.38. The third kappa shape index (κ3) is 4.40. The topological polar surface area (TPSA) is 41.5 Å². The first-order valence-electron chi connectivity index (χ1n) is 5.45. The van der Waals surface area contributed by atoms with E-state index in [1.165, 1.54) is 0 Å². The maximum atomic E-state index is 9.80. The van der Waals surface area contributed by atoms with E-state index in [0.29, 0.717) is 12.5 Å². The van der Waals surface area contributed by atoms with Crippen molar-refractivity contribution in [2.75, 3.05) is 26.3 Å². The number of rotatable bonds is 4. The molecule has 0 amide bonds. The van der Waals surface area contributed by atoms with Gasteiger partial charge in [0.1, 0.15) is 0 Å². The highest BCUT2D eigenvalue weighted by Gasteiger charge is 2.23. The number of aliphatic hydroxyl groups excluding tert-OH is 1. The van der Waals surface area contributed by atoms with Crippen molar-refractivity contribution in [3.8, 4) is 0 Å². The van der Waals surface area contributed by atoms with E-state index in [-0.39, 0.29) is 11.5 Å². The highest BCUT2D eigenvalue weighted by atomic mass is 16.5. The highest BCUT2D eigenvalue weighted by molar-refractivity contribution is 4.75. The van der Waals surface area contributed by atoms with Crippen LogP contribution in [0.2, 0.25) is 0 Å². The fourth-order valence-electron chi connectivity index (χ4n) is 1.62. The van der Waals surface area contributed by atoms with Gasteiger partial charge in [0.2, 0.25) is 0 Å². The average molecular weight is 201 g/mol. The molecule has 0 bridgehead atoms. The predicted octanol–water partition coefficient (Wildman–Crippen LogP) is 1.02. The van der Waals surface area contributed by atoms with Crippen LogP contribution in [0.3, 0.4) is 0 Å². The molecule has 0 spiro atoms. The number of ether oxygens (including phenoxy) is 1. The SMILES string of the molecule is CC(C)(C)CNCC(O)C1CCOC1. The Hall–Kier alpha value is -0.120. The van der Waals surface area contributed by atoms with Gasteiger partial charge in [-0.25, -0.2) is 0 Å². The Morgan fingerprint density at radius 1 is 1.50 bits per heavy atom. The molecule has 0 aromatic heterocycles. The van der Waals surface area contributed by atoms with Crippen LogP contribution in [-0.4, -0.2) is 37.5 Å². The average Bonchev–Trinajstić information content (AvgIpc) is 2.53. The van der Waals surface area contributed by atoms with E-state index in [1.807, 2.05) is 0 Å². The lowest BCUT2D eigenvalue weighted by atomic mass is 9.96. The van der Waals surface area contributed by atoms with Gasteiger partial charge in [0.15, 0.2) is 0 Å². The van der Waals surface area contributed by atoms with Crippen LogP contribution in [0.25, 0.3) is 0 Å². The van der Waals surface area contributed by atoms with E-state index in [2.05, 4.69) is 26.1 Å². The first-order chi connectivity index (χ1) is 6.49. The minimum Gasteiger partial charge on any atom is -0.391 e. The molecule has 1 rings (SSSR count). The summed E-state index contributed by atoms with van der Waals surface area (Å²) in [5, 5.41) is 13.1. The van der Waals surface area contributed by atoms with Crippen molar-refractivity contribution in [3.63, 3.8) is 0 Å². The van der Waals surface area contributed by atoms with Gasteiger partial charge >= 0.3 is 0 Å². The summed E-state index contributed by atoms with van der Waals surface area (Å²) in [4.78, 5) is 0. The number of hydrogen-bond donors (Lipinski definition) is 2. The van der Waals surface area contributed by atoms with Crippen molar-refractivity contribution in [2.45, 2.75) is 33.3 Å². The summed E-state index contributed by atoms with van der Waals surface area (Å²) < 4.78 is 5.24. The van der Waals surface area contributed by atoms with Crippen molar-refractivity contribution in [2.24, 2.45) is 11.3 Å². The molecular formula is C11H23NO2. The van der Waals surface area contributed by atoms with Gasteiger partial charge in [0.25, 0.3) is 0 Å². The molecule has 0 aromatic rings. The second kappa shape index (κ2) is 5.10. The number of aliphatic hydroxyl groups is 1. The van der Waals surface area contributed by atoms with E-state index in [9.17, 15) is 5.11 Å². The summed E-state index contributed by atoms with van der Waals surface area (Å²) in [5.74, 6) is 0.336. The van der Waals surface area contributed by atoms with E-state index in [0.717, 1.165) is 26.2 Å². The van der Waals surface area contributed by atoms with Crippen LogP contribution in [-0.2, 0) is 4.74 Å². The molecule has 2 N–H and O–H groups in total. The quantitative estimate of drug-likeness (QED) is 0.713. The molecule has 1 aliphatic heterocycles. The van der Waals surface area contributed by atoms with Gasteiger partial charge in [0.05, 0.1) is 12.7 Å². The van der Waals surface area contributed by atoms with Gasteiger partial charge in [-0.2, -0.15) is 0 Å². The molecular weight excluding hydrogens is 178 g/mol. The lowest BCUT2D eigenvalue weighted by Gasteiger charge is -2.22. The van der Waals surface area contributed by atoms with Crippen LogP contribution in [0.15, 0.2) is 0 Å². The standard InChI is InChI=1S/C11H23NO2/c1-11(2,3)8-12-6-10(13)9-4-5-14-7-9/h9-10,12-13H,4-8H2,1-3H3. The van der Waals surface area contributed by atoms with Crippen LogP contribution in [0.1, 0.15) is 27.2 Å². The van der Waals surface area contributed by atoms with Crippen molar-refractivity contribution in [1.29, 1.82) is 0 Å². The molecule has 0 aromatic carbocycles. The fraction of sp³-hybridized carbons (Fsp3) is 1.00. The normalized spacial score (nSPS) is 25.3.